The van der Waals surface area contributed by atoms with Gasteiger partial charge in [-0.25, -0.2) is 14.2 Å². The highest BCUT2D eigenvalue weighted by molar-refractivity contribution is 7.79. The molecule has 1 unspecified atom stereocenters. The standard InChI is InChI=1S/C17H23ClFN3O3S/c1-4-24-17(23)21-7-5-6-12(10-26)22(21)20-15-9-16(25-11(2)3)13(18)8-14(15)19/h8-12,20H,4-7H2,1-3H3. The fourth-order valence-electron chi connectivity index (χ4n) is 2.59. The van der Waals surface area contributed by atoms with Crippen LogP contribution < -0.4 is 10.2 Å². The molecule has 1 aromatic carbocycles. The van der Waals surface area contributed by atoms with Crippen molar-refractivity contribution in [3.8, 4) is 5.75 Å². The van der Waals surface area contributed by atoms with Gasteiger partial charge in [-0.2, -0.15) is 0 Å². The van der Waals surface area contributed by atoms with E-state index in [1.54, 1.807) is 6.92 Å². The number of rotatable bonds is 6. The van der Waals surface area contributed by atoms with Crippen LogP contribution in [0.3, 0.4) is 0 Å². The first kappa shape index (κ1) is 20.7. The van der Waals surface area contributed by atoms with Crippen LogP contribution in [0.2, 0.25) is 5.02 Å². The molecule has 1 atom stereocenters. The first-order valence-electron chi connectivity index (χ1n) is 8.48. The number of amides is 1. The summed E-state index contributed by atoms with van der Waals surface area (Å²) in [5.74, 6) is -0.215. The van der Waals surface area contributed by atoms with Crippen molar-refractivity contribution < 1.29 is 18.7 Å². The normalized spacial score (nSPS) is 17.9. The molecule has 0 bridgehead atoms. The minimum Gasteiger partial charge on any atom is -0.489 e. The predicted molar refractivity (Wildman–Crippen MR) is 103 cm³/mol. The highest BCUT2D eigenvalue weighted by Crippen LogP contribution is 2.32. The summed E-state index contributed by atoms with van der Waals surface area (Å²) in [5.41, 5.74) is 3.06. The summed E-state index contributed by atoms with van der Waals surface area (Å²) in [6, 6.07) is 2.37. The van der Waals surface area contributed by atoms with Crippen LogP contribution in [0.15, 0.2) is 12.1 Å². The third kappa shape index (κ3) is 4.96. The number of hydrogen-bond donors (Lipinski definition) is 1. The molecule has 0 radical (unpaired) electrons. The summed E-state index contributed by atoms with van der Waals surface area (Å²) >= 11 is 11.1. The lowest BCUT2D eigenvalue weighted by molar-refractivity contribution is -0.0375. The monoisotopic (exact) mass is 403 g/mol. The number of nitrogens with one attached hydrogen (secondary N) is 1. The Morgan fingerprint density at radius 3 is 2.88 bits per heavy atom. The van der Waals surface area contributed by atoms with Crippen LogP contribution in [0.4, 0.5) is 14.9 Å². The van der Waals surface area contributed by atoms with Gasteiger partial charge < -0.3 is 9.47 Å². The van der Waals surface area contributed by atoms with Crippen LogP contribution in [-0.4, -0.2) is 46.9 Å². The van der Waals surface area contributed by atoms with E-state index in [4.69, 9.17) is 33.3 Å². The largest absolute Gasteiger partial charge is 0.489 e. The number of anilines is 1. The second-order valence-corrected chi connectivity index (χ2v) is 6.73. The second-order valence-electron chi connectivity index (χ2n) is 6.05. The van der Waals surface area contributed by atoms with E-state index in [1.807, 2.05) is 13.8 Å². The van der Waals surface area contributed by atoms with E-state index in [2.05, 4.69) is 5.43 Å². The maximum absolute atomic E-state index is 14.4. The molecule has 1 aromatic rings. The zero-order valence-corrected chi connectivity index (χ0v) is 16.6. The Kier molecular flexibility index (Phi) is 7.43. The van der Waals surface area contributed by atoms with Crippen LogP contribution in [-0.2, 0) is 4.74 Å². The van der Waals surface area contributed by atoms with E-state index in [9.17, 15) is 9.18 Å². The first-order valence-corrected chi connectivity index (χ1v) is 9.33. The number of carbonyl (C=O) groups excluding carboxylic acids is 1. The van der Waals surface area contributed by atoms with Gasteiger partial charge in [0.25, 0.3) is 0 Å². The number of hydrogen-bond acceptors (Lipinski definition) is 6. The maximum Gasteiger partial charge on any atom is 0.425 e. The summed E-state index contributed by atoms with van der Waals surface area (Å²) in [7, 11) is 0. The van der Waals surface area contributed by atoms with Gasteiger partial charge in [-0.1, -0.05) is 23.8 Å². The van der Waals surface area contributed by atoms with Crippen molar-refractivity contribution >= 4 is 41.0 Å². The minimum atomic E-state index is -0.566. The van der Waals surface area contributed by atoms with E-state index in [0.29, 0.717) is 12.3 Å². The number of carbonyl (C=O) groups is 1. The molecule has 0 saturated carbocycles. The van der Waals surface area contributed by atoms with E-state index in [1.165, 1.54) is 27.6 Å². The third-order valence-electron chi connectivity index (χ3n) is 3.70. The third-order valence-corrected chi connectivity index (χ3v) is 4.31. The molecule has 1 amide bonds. The van der Waals surface area contributed by atoms with E-state index in [-0.39, 0.29) is 29.5 Å². The van der Waals surface area contributed by atoms with Gasteiger partial charge in [-0.05, 0) is 39.7 Å². The number of thiocarbonyl (C=S) groups is 1. The highest BCUT2D eigenvalue weighted by atomic mass is 35.5. The van der Waals surface area contributed by atoms with Gasteiger partial charge in [0.15, 0.2) is 0 Å². The lowest BCUT2D eigenvalue weighted by Crippen LogP contribution is -2.58. The first-order chi connectivity index (χ1) is 12.4. The summed E-state index contributed by atoms with van der Waals surface area (Å²) in [6.45, 7) is 6.11. The average Bonchev–Trinajstić information content (AvgIpc) is 2.59. The number of hydrazine groups is 2. The zero-order valence-electron chi connectivity index (χ0n) is 15.0. The maximum atomic E-state index is 14.4. The summed E-state index contributed by atoms with van der Waals surface area (Å²) < 4.78 is 25.1. The van der Waals surface area contributed by atoms with E-state index in [0.717, 1.165) is 12.8 Å². The molecule has 1 saturated heterocycles. The molecule has 26 heavy (non-hydrogen) atoms. The van der Waals surface area contributed by atoms with Crippen molar-refractivity contribution in [2.75, 3.05) is 18.6 Å². The Morgan fingerprint density at radius 2 is 2.27 bits per heavy atom. The highest BCUT2D eigenvalue weighted by Gasteiger charge is 2.33. The van der Waals surface area contributed by atoms with Crippen molar-refractivity contribution in [2.45, 2.75) is 45.8 Å². The Balaban J connectivity index is 2.31. The van der Waals surface area contributed by atoms with Gasteiger partial charge in [0.2, 0.25) is 0 Å². The Hall–Kier alpha value is -1.64. The zero-order chi connectivity index (χ0) is 19.3. The van der Waals surface area contributed by atoms with Crippen LogP contribution in [0.5, 0.6) is 5.75 Å². The molecule has 2 rings (SSSR count). The molecule has 0 spiro atoms. The molecule has 1 aliphatic rings. The van der Waals surface area contributed by atoms with Crippen LogP contribution in [0, 0.1) is 5.82 Å². The lowest BCUT2D eigenvalue weighted by atomic mass is 10.1. The van der Waals surface area contributed by atoms with Crippen molar-refractivity contribution in [2.24, 2.45) is 0 Å². The van der Waals surface area contributed by atoms with Gasteiger partial charge in [0, 0.05) is 18.0 Å². The average molecular weight is 404 g/mol. The summed E-state index contributed by atoms with van der Waals surface area (Å²) in [4.78, 5) is 12.2. The quantitative estimate of drug-likeness (QED) is 0.709. The topological polar surface area (TPSA) is 54.0 Å². The number of nitrogens with zero attached hydrogens (tertiary/aromatic N) is 2. The number of halogens is 2. The van der Waals surface area contributed by atoms with Crippen molar-refractivity contribution in [3.05, 3.63) is 23.0 Å². The van der Waals surface area contributed by atoms with Crippen molar-refractivity contribution in [1.82, 2.24) is 10.1 Å². The van der Waals surface area contributed by atoms with Crippen LogP contribution in [0.25, 0.3) is 0 Å². The van der Waals surface area contributed by atoms with Crippen LogP contribution >= 0.6 is 23.8 Å². The summed E-state index contributed by atoms with van der Waals surface area (Å²) in [5, 5.41) is 4.60. The molecule has 1 fully saturated rings. The Bertz CT molecular complexity index is 662. The predicted octanol–water partition coefficient (Wildman–Crippen LogP) is 4.43. The second kappa shape index (κ2) is 9.34. The smallest absolute Gasteiger partial charge is 0.425 e. The van der Waals surface area contributed by atoms with Crippen molar-refractivity contribution in [1.29, 1.82) is 0 Å². The van der Waals surface area contributed by atoms with Crippen LogP contribution in [0.1, 0.15) is 33.6 Å². The molecule has 144 valence electrons. The molecule has 6 nitrogen and oxygen atoms in total. The molecular formula is C17H23ClFN3O3S. The molecule has 0 aliphatic carbocycles. The number of benzene rings is 1. The van der Waals surface area contributed by atoms with Gasteiger partial charge in [0.1, 0.15) is 11.6 Å². The molecule has 0 aromatic heterocycles. The van der Waals surface area contributed by atoms with E-state index >= 15 is 0 Å². The van der Waals surface area contributed by atoms with E-state index < -0.39 is 11.9 Å². The Labute approximate surface area is 163 Å². The minimum absolute atomic E-state index is 0.120. The SMILES string of the molecule is CCOC(=O)N1CCCC(C=S)N1Nc1cc(OC(C)C)c(Cl)cc1F. The van der Waals surface area contributed by atoms with Gasteiger partial charge in [-0.15, -0.1) is 5.12 Å². The van der Waals surface area contributed by atoms with Gasteiger partial charge in [-0.3, -0.25) is 5.43 Å². The molecule has 1 aliphatic heterocycles. The van der Waals surface area contributed by atoms with Gasteiger partial charge in [0.05, 0.1) is 29.5 Å². The Morgan fingerprint density at radius 1 is 1.54 bits per heavy atom. The fourth-order valence-corrected chi connectivity index (χ4v) is 3.03. The van der Waals surface area contributed by atoms with Gasteiger partial charge >= 0.3 is 6.09 Å². The molecule has 1 heterocycles. The molecule has 1 N–H and O–H groups in total. The number of ether oxygens (including phenoxy) is 2. The summed E-state index contributed by atoms with van der Waals surface area (Å²) in [6.07, 6.45) is 0.858. The lowest BCUT2D eigenvalue weighted by Gasteiger charge is -2.42. The van der Waals surface area contributed by atoms with Crippen molar-refractivity contribution in [3.63, 3.8) is 0 Å². The molecular weight excluding hydrogens is 381 g/mol. The molecule has 9 heteroatoms. The fraction of sp³-hybridized carbons (Fsp3) is 0.529.